The third-order valence-electron chi connectivity index (χ3n) is 4.50. The Balaban J connectivity index is 1.95. The van der Waals surface area contributed by atoms with Crippen LogP contribution in [0.1, 0.15) is 22.7 Å². The smallest absolute Gasteiger partial charge is 0.311 e. The SMILES string of the molecule is COc1ccccc1C1CS(=O)(=O)Oc2c1c(C)nn2-c1ccccc1. The fourth-order valence-corrected chi connectivity index (χ4v) is 4.61. The number of fused-ring (bicyclic) bond motifs is 1. The maximum absolute atomic E-state index is 12.5. The average molecular weight is 370 g/mol. The van der Waals surface area contributed by atoms with Gasteiger partial charge in [-0.15, -0.1) is 0 Å². The Morgan fingerprint density at radius 1 is 1.12 bits per heavy atom. The quantitative estimate of drug-likeness (QED) is 0.663. The van der Waals surface area contributed by atoms with Gasteiger partial charge in [0.25, 0.3) is 0 Å². The first kappa shape index (κ1) is 16.7. The zero-order valence-electron chi connectivity index (χ0n) is 14.4. The molecule has 0 saturated carbocycles. The monoisotopic (exact) mass is 370 g/mol. The molecule has 1 aliphatic heterocycles. The van der Waals surface area contributed by atoms with Crippen molar-refractivity contribution in [3.8, 4) is 17.3 Å². The van der Waals surface area contributed by atoms with E-state index in [4.69, 9.17) is 8.92 Å². The van der Waals surface area contributed by atoms with Crippen LogP contribution in [-0.2, 0) is 10.1 Å². The number of aromatic nitrogens is 2. The molecule has 2 heterocycles. The number of benzene rings is 2. The summed E-state index contributed by atoms with van der Waals surface area (Å²) in [5.41, 5.74) is 3.05. The molecule has 134 valence electrons. The molecule has 0 radical (unpaired) electrons. The van der Waals surface area contributed by atoms with Gasteiger partial charge in [-0.1, -0.05) is 36.4 Å². The van der Waals surface area contributed by atoms with Gasteiger partial charge >= 0.3 is 10.1 Å². The average Bonchev–Trinajstić information content (AvgIpc) is 2.97. The van der Waals surface area contributed by atoms with E-state index in [1.165, 1.54) is 0 Å². The molecular weight excluding hydrogens is 352 g/mol. The second-order valence-corrected chi connectivity index (χ2v) is 7.77. The normalized spacial score (nSPS) is 18.0. The molecule has 0 saturated heterocycles. The van der Waals surface area contributed by atoms with Gasteiger partial charge in [-0.3, -0.25) is 0 Å². The van der Waals surface area contributed by atoms with E-state index in [1.54, 1.807) is 11.8 Å². The lowest BCUT2D eigenvalue weighted by molar-refractivity contribution is 0.405. The molecule has 0 spiro atoms. The Morgan fingerprint density at radius 2 is 1.81 bits per heavy atom. The molecule has 4 rings (SSSR count). The highest BCUT2D eigenvalue weighted by molar-refractivity contribution is 7.87. The van der Waals surface area contributed by atoms with Gasteiger partial charge in [0.1, 0.15) is 5.75 Å². The van der Waals surface area contributed by atoms with E-state index in [2.05, 4.69) is 5.10 Å². The largest absolute Gasteiger partial charge is 0.496 e. The minimum atomic E-state index is -3.75. The molecule has 0 amide bonds. The zero-order chi connectivity index (χ0) is 18.3. The van der Waals surface area contributed by atoms with Crippen LogP contribution in [0.25, 0.3) is 5.69 Å². The second kappa shape index (κ2) is 6.17. The molecule has 1 aromatic heterocycles. The number of rotatable bonds is 3. The van der Waals surface area contributed by atoms with Crippen molar-refractivity contribution in [1.29, 1.82) is 0 Å². The number of methoxy groups -OCH3 is 1. The lowest BCUT2D eigenvalue weighted by atomic mass is 9.92. The summed E-state index contributed by atoms with van der Waals surface area (Å²) in [6.45, 7) is 1.86. The van der Waals surface area contributed by atoms with E-state index >= 15 is 0 Å². The summed E-state index contributed by atoms with van der Waals surface area (Å²) >= 11 is 0. The van der Waals surface area contributed by atoms with E-state index < -0.39 is 16.0 Å². The molecule has 7 heteroatoms. The van der Waals surface area contributed by atoms with Crippen molar-refractivity contribution < 1.29 is 17.3 Å². The van der Waals surface area contributed by atoms with Gasteiger partial charge in [0.2, 0.25) is 5.88 Å². The van der Waals surface area contributed by atoms with Gasteiger partial charge in [-0.05, 0) is 25.1 Å². The van der Waals surface area contributed by atoms with Crippen LogP contribution in [-0.4, -0.2) is 31.1 Å². The number of aryl methyl sites for hydroxylation is 1. The van der Waals surface area contributed by atoms with Crippen molar-refractivity contribution in [1.82, 2.24) is 9.78 Å². The molecule has 6 nitrogen and oxygen atoms in total. The van der Waals surface area contributed by atoms with Gasteiger partial charge in [0.05, 0.1) is 24.2 Å². The van der Waals surface area contributed by atoms with Crippen LogP contribution in [0.3, 0.4) is 0 Å². The molecule has 1 aliphatic rings. The summed E-state index contributed by atoms with van der Waals surface area (Å²) in [6.07, 6.45) is 0. The van der Waals surface area contributed by atoms with E-state index in [0.29, 0.717) is 5.75 Å². The highest BCUT2D eigenvalue weighted by Crippen LogP contribution is 2.43. The van der Waals surface area contributed by atoms with Gasteiger partial charge < -0.3 is 8.92 Å². The molecular formula is C19H18N2O4S. The highest BCUT2D eigenvalue weighted by Gasteiger charge is 2.38. The number of para-hydroxylation sites is 2. The minimum Gasteiger partial charge on any atom is -0.496 e. The molecule has 0 aliphatic carbocycles. The van der Waals surface area contributed by atoms with Crippen LogP contribution in [0.15, 0.2) is 54.6 Å². The first-order valence-corrected chi connectivity index (χ1v) is 9.78. The molecule has 0 bridgehead atoms. The van der Waals surface area contributed by atoms with Gasteiger partial charge in [0.15, 0.2) is 0 Å². The zero-order valence-corrected chi connectivity index (χ0v) is 15.2. The topological polar surface area (TPSA) is 70.4 Å². The summed E-state index contributed by atoms with van der Waals surface area (Å²) < 4.78 is 37.3. The number of ether oxygens (including phenoxy) is 1. The summed E-state index contributed by atoms with van der Waals surface area (Å²) in [7, 11) is -2.17. The number of hydrogen-bond donors (Lipinski definition) is 0. The molecule has 26 heavy (non-hydrogen) atoms. The van der Waals surface area contributed by atoms with Crippen LogP contribution in [0, 0.1) is 6.92 Å². The van der Waals surface area contributed by atoms with E-state index in [0.717, 1.165) is 22.5 Å². The highest BCUT2D eigenvalue weighted by atomic mass is 32.2. The minimum absolute atomic E-state index is 0.151. The molecule has 0 fully saturated rings. The van der Waals surface area contributed by atoms with Gasteiger partial charge in [-0.25, -0.2) is 0 Å². The predicted octanol–water partition coefficient (Wildman–Crippen LogP) is 3.04. The number of hydrogen-bond acceptors (Lipinski definition) is 5. The molecule has 1 atom stereocenters. The van der Waals surface area contributed by atoms with Crippen LogP contribution >= 0.6 is 0 Å². The van der Waals surface area contributed by atoms with Crippen molar-refractivity contribution in [2.24, 2.45) is 0 Å². The van der Waals surface area contributed by atoms with Crippen molar-refractivity contribution >= 4 is 10.1 Å². The first-order valence-electron chi connectivity index (χ1n) is 8.20. The standard InChI is InChI=1S/C19H18N2O4S/c1-13-18-16(15-10-6-7-11-17(15)24-2)12-26(22,23)25-19(18)21(20-13)14-8-4-3-5-9-14/h3-11,16H,12H2,1-2H3. The van der Waals surface area contributed by atoms with Crippen molar-refractivity contribution in [3.63, 3.8) is 0 Å². The summed E-state index contributed by atoms with van der Waals surface area (Å²) in [5, 5.41) is 4.55. The Hall–Kier alpha value is -2.80. The lowest BCUT2D eigenvalue weighted by Crippen LogP contribution is -2.27. The number of nitrogens with zero attached hydrogens (tertiary/aromatic N) is 2. The van der Waals surface area contributed by atoms with Crippen molar-refractivity contribution in [2.45, 2.75) is 12.8 Å². The van der Waals surface area contributed by atoms with E-state index in [9.17, 15) is 8.42 Å². The summed E-state index contributed by atoms with van der Waals surface area (Å²) in [6, 6.07) is 16.8. The maximum Gasteiger partial charge on any atom is 0.311 e. The Kier molecular flexibility index (Phi) is 3.96. The van der Waals surface area contributed by atoms with Crippen molar-refractivity contribution in [3.05, 3.63) is 71.4 Å². The van der Waals surface area contributed by atoms with Crippen LogP contribution < -0.4 is 8.92 Å². The fraction of sp³-hybridized carbons (Fsp3) is 0.211. The summed E-state index contributed by atoms with van der Waals surface area (Å²) in [4.78, 5) is 0. The maximum atomic E-state index is 12.5. The second-order valence-electron chi connectivity index (χ2n) is 6.15. The molecule has 1 unspecified atom stereocenters. The third kappa shape index (κ3) is 2.74. The van der Waals surface area contributed by atoms with Crippen molar-refractivity contribution in [2.75, 3.05) is 12.9 Å². The van der Waals surface area contributed by atoms with Crippen LogP contribution in [0.4, 0.5) is 0 Å². The van der Waals surface area contributed by atoms with Crippen LogP contribution in [0.5, 0.6) is 11.6 Å². The Labute approximate surface area is 152 Å². The molecule has 2 aromatic carbocycles. The first-order chi connectivity index (χ1) is 12.5. The third-order valence-corrected chi connectivity index (χ3v) is 5.66. The lowest BCUT2D eigenvalue weighted by Gasteiger charge is -2.25. The van der Waals surface area contributed by atoms with Crippen LogP contribution in [0.2, 0.25) is 0 Å². The Morgan fingerprint density at radius 3 is 2.54 bits per heavy atom. The Bertz CT molecular complexity index is 1060. The fourth-order valence-electron chi connectivity index (χ4n) is 3.39. The van der Waals surface area contributed by atoms with Gasteiger partial charge in [0, 0.05) is 17.0 Å². The molecule has 3 aromatic rings. The van der Waals surface area contributed by atoms with E-state index in [1.807, 2.05) is 61.5 Å². The predicted molar refractivity (Wildman–Crippen MR) is 97.6 cm³/mol. The van der Waals surface area contributed by atoms with E-state index in [-0.39, 0.29) is 11.6 Å². The van der Waals surface area contributed by atoms with Gasteiger partial charge in [-0.2, -0.15) is 18.2 Å². The molecule has 0 N–H and O–H groups in total. The summed E-state index contributed by atoms with van der Waals surface area (Å²) in [5.74, 6) is 0.336.